The molecule has 4 aliphatic rings. The van der Waals surface area contributed by atoms with Crippen LogP contribution in [0, 0.1) is 40.4 Å². The molecule has 31 heavy (non-hydrogen) atoms. The zero-order valence-corrected chi connectivity index (χ0v) is 23.0. The Morgan fingerprint density at radius 1 is 1.00 bits per heavy atom. The summed E-state index contributed by atoms with van der Waals surface area (Å²) < 4.78 is 10.4. The minimum atomic E-state index is 0. The molecule has 0 aromatic rings. The SMILES string of the molecule is CC12CCCCC1CCC1C2CCC2(C)C(CCCC(=O)NCCS[O-])CCC12.O.[Na+]. The van der Waals surface area contributed by atoms with Gasteiger partial charge in [-0.2, -0.15) is 0 Å². The van der Waals surface area contributed by atoms with Crippen molar-refractivity contribution in [3.05, 3.63) is 0 Å². The Labute approximate surface area is 216 Å². The number of rotatable bonds is 7. The molecule has 0 aliphatic heterocycles. The third-order valence-electron chi connectivity index (χ3n) is 10.2. The van der Waals surface area contributed by atoms with Crippen LogP contribution in [0.2, 0.25) is 0 Å². The summed E-state index contributed by atoms with van der Waals surface area (Å²) in [7, 11) is 0. The molecule has 0 bridgehead atoms. The van der Waals surface area contributed by atoms with Gasteiger partial charge in [0.25, 0.3) is 0 Å². The van der Waals surface area contributed by atoms with E-state index < -0.39 is 0 Å². The summed E-state index contributed by atoms with van der Waals surface area (Å²) in [4.78, 5) is 12.0. The maximum absolute atomic E-state index is 12.0. The molecule has 0 saturated heterocycles. The number of carbonyl (C=O) groups is 1. The first-order chi connectivity index (χ1) is 14.0. The third-order valence-corrected chi connectivity index (χ3v) is 10.6. The molecule has 174 valence electrons. The third kappa shape index (κ3) is 5.53. The minimum Gasteiger partial charge on any atom is -0.799 e. The maximum Gasteiger partial charge on any atom is 1.00 e. The van der Waals surface area contributed by atoms with E-state index in [1.807, 2.05) is 0 Å². The Kier molecular flexibility index (Phi) is 10.8. The Balaban J connectivity index is 0.00000171. The van der Waals surface area contributed by atoms with Crippen molar-refractivity contribution in [3.8, 4) is 0 Å². The van der Waals surface area contributed by atoms with Gasteiger partial charge in [-0.25, -0.2) is 0 Å². The van der Waals surface area contributed by atoms with Gasteiger partial charge in [-0.1, -0.05) is 26.7 Å². The number of amides is 1. The van der Waals surface area contributed by atoms with Crippen LogP contribution in [0.25, 0.3) is 0 Å². The molecule has 4 nitrogen and oxygen atoms in total. The standard InChI is InChI=1S/C25H43NO2S.Na.H2O/c1-24-14-4-3-6-18(24)9-11-20-21-12-10-19(25(21,2)15-13-22(20)24)7-5-8-23(27)26-16-17-29-28;;/h18-22,28H,3-17H2,1-2H3,(H,26,27);;1H2/q;+1;/p-1. The molecule has 0 radical (unpaired) electrons. The van der Waals surface area contributed by atoms with Gasteiger partial charge in [0.15, 0.2) is 0 Å². The number of carbonyl (C=O) groups excluding carboxylic acids is 1. The summed E-state index contributed by atoms with van der Waals surface area (Å²) >= 11 is 0.551. The van der Waals surface area contributed by atoms with E-state index in [0.717, 1.165) is 36.0 Å². The molecule has 0 aromatic heterocycles. The van der Waals surface area contributed by atoms with E-state index >= 15 is 0 Å². The predicted octanol–water partition coefficient (Wildman–Crippen LogP) is 2.36. The van der Waals surface area contributed by atoms with Crippen molar-refractivity contribution >= 4 is 17.9 Å². The van der Waals surface area contributed by atoms with Crippen molar-refractivity contribution in [1.82, 2.24) is 5.32 Å². The van der Waals surface area contributed by atoms with Crippen LogP contribution in [0.5, 0.6) is 0 Å². The van der Waals surface area contributed by atoms with Gasteiger partial charge >= 0.3 is 29.6 Å². The van der Waals surface area contributed by atoms with Gasteiger partial charge in [0, 0.05) is 13.0 Å². The van der Waals surface area contributed by atoms with Crippen LogP contribution in [-0.4, -0.2) is 28.2 Å². The number of hydrogen-bond acceptors (Lipinski definition) is 3. The van der Waals surface area contributed by atoms with E-state index in [9.17, 15) is 9.35 Å². The van der Waals surface area contributed by atoms with E-state index in [2.05, 4.69) is 19.2 Å². The zero-order valence-electron chi connectivity index (χ0n) is 20.2. The molecule has 4 aliphatic carbocycles. The molecule has 6 heteroatoms. The monoisotopic (exact) mass is 461 g/mol. The van der Waals surface area contributed by atoms with Gasteiger partial charge in [-0.15, -0.1) is 0 Å². The smallest absolute Gasteiger partial charge is 0.799 e. The Bertz CT molecular complexity index is 593. The van der Waals surface area contributed by atoms with Crippen LogP contribution in [0.1, 0.15) is 97.3 Å². The maximum atomic E-state index is 12.0. The normalized spacial score (nSPS) is 41.1. The van der Waals surface area contributed by atoms with E-state index in [0.29, 0.717) is 41.6 Å². The molecule has 3 N–H and O–H groups in total. The van der Waals surface area contributed by atoms with Gasteiger partial charge < -0.3 is 15.3 Å². The fraction of sp³-hybridized carbons (Fsp3) is 0.960. The van der Waals surface area contributed by atoms with Crippen molar-refractivity contribution in [1.29, 1.82) is 0 Å². The van der Waals surface area contributed by atoms with Crippen LogP contribution < -0.4 is 34.9 Å². The molecule has 0 aromatic carbocycles. The molecule has 4 fully saturated rings. The zero-order chi connectivity index (χ0) is 20.5. The Morgan fingerprint density at radius 3 is 2.55 bits per heavy atom. The van der Waals surface area contributed by atoms with Crippen LogP contribution >= 0.6 is 12.0 Å². The molecule has 0 spiro atoms. The van der Waals surface area contributed by atoms with Gasteiger partial charge in [-0.05, 0) is 110 Å². The van der Waals surface area contributed by atoms with Crippen LogP contribution in [-0.2, 0) is 4.79 Å². The minimum absolute atomic E-state index is 0. The molecule has 1 amide bonds. The first-order valence-corrected chi connectivity index (χ1v) is 13.4. The second kappa shape index (κ2) is 11.9. The molecule has 0 heterocycles. The summed E-state index contributed by atoms with van der Waals surface area (Å²) in [5, 5.41) is 2.88. The van der Waals surface area contributed by atoms with Gasteiger partial charge in [0.2, 0.25) is 5.91 Å². The van der Waals surface area contributed by atoms with Gasteiger partial charge in [0.05, 0.1) is 0 Å². The molecule has 4 saturated carbocycles. The summed E-state index contributed by atoms with van der Waals surface area (Å²) in [5.74, 6) is 5.33. The van der Waals surface area contributed by atoms with Crippen LogP contribution in [0.4, 0.5) is 0 Å². The average molecular weight is 462 g/mol. The second-order valence-electron chi connectivity index (χ2n) is 11.3. The van der Waals surface area contributed by atoms with Crippen molar-refractivity contribution in [3.63, 3.8) is 0 Å². The summed E-state index contributed by atoms with van der Waals surface area (Å²) in [6, 6.07) is 0. The van der Waals surface area contributed by atoms with Crippen LogP contribution in [0.15, 0.2) is 0 Å². The number of fused-ring (bicyclic) bond motifs is 5. The van der Waals surface area contributed by atoms with E-state index in [4.69, 9.17) is 0 Å². The van der Waals surface area contributed by atoms with Crippen LogP contribution in [0.3, 0.4) is 0 Å². The summed E-state index contributed by atoms with van der Waals surface area (Å²) in [6.45, 7) is 5.80. The van der Waals surface area contributed by atoms with Crippen molar-refractivity contribution in [2.24, 2.45) is 40.4 Å². The molecular weight excluding hydrogens is 417 g/mol. The fourth-order valence-corrected chi connectivity index (χ4v) is 8.89. The fourth-order valence-electron chi connectivity index (χ4n) is 8.71. The Hall–Kier alpha value is 0.740. The molecular formula is C25H44NNaO3S. The first-order valence-electron chi connectivity index (χ1n) is 12.5. The summed E-state index contributed by atoms with van der Waals surface area (Å²) in [5.41, 5.74) is 1.16. The quantitative estimate of drug-likeness (QED) is 0.359. The largest absolute Gasteiger partial charge is 1.00 e. The van der Waals surface area contributed by atoms with Crippen molar-refractivity contribution in [2.75, 3.05) is 12.3 Å². The second-order valence-corrected chi connectivity index (χ2v) is 11.9. The predicted molar refractivity (Wildman–Crippen MR) is 124 cm³/mol. The first kappa shape index (κ1) is 28.0. The van der Waals surface area contributed by atoms with Crippen molar-refractivity contribution < 1.29 is 44.4 Å². The van der Waals surface area contributed by atoms with Gasteiger partial charge in [0.1, 0.15) is 0 Å². The van der Waals surface area contributed by atoms with Crippen molar-refractivity contribution in [2.45, 2.75) is 97.3 Å². The van der Waals surface area contributed by atoms with E-state index in [-0.39, 0.29) is 40.9 Å². The average Bonchev–Trinajstić information content (AvgIpc) is 3.04. The van der Waals surface area contributed by atoms with E-state index in [1.54, 1.807) is 0 Å². The topological polar surface area (TPSA) is 83.7 Å². The van der Waals surface area contributed by atoms with E-state index in [1.165, 1.54) is 70.6 Å². The number of hydrogen-bond donors (Lipinski definition) is 1. The molecule has 7 unspecified atom stereocenters. The molecule has 7 atom stereocenters. The van der Waals surface area contributed by atoms with Gasteiger partial charge in [-0.3, -0.25) is 16.8 Å². The summed E-state index contributed by atoms with van der Waals surface area (Å²) in [6.07, 6.45) is 17.5. The number of nitrogens with one attached hydrogen (secondary N) is 1. The molecule has 4 rings (SSSR count). The Morgan fingerprint density at radius 2 is 1.77 bits per heavy atom.